The van der Waals surface area contributed by atoms with Gasteiger partial charge in [-0.3, -0.25) is 39.0 Å². The van der Waals surface area contributed by atoms with Crippen molar-refractivity contribution in [2.75, 3.05) is 105 Å². The lowest BCUT2D eigenvalue weighted by atomic mass is 9.96. The lowest BCUT2D eigenvalue weighted by Gasteiger charge is -2.46. The number of carbonyl (C=O) groups is 7. The Morgan fingerprint density at radius 3 is 0.842 bits per heavy atom. The summed E-state index contributed by atoms with van der Waals surface area (Å²) in [6.07, 6.45) is -72.5. The van der Waals surface area contributed by atoms with Crippen LogP contribution in [0.5, 0.6) is 0 Å². The second-order valence-corrected chi connectivity index (χ2v) is 35.9. The van der Waals surface area contributed by atoms with Crippen LogP contribution in [0.15, 0.2) is 0 Å². The minimum Gasteiger partial charge on any atom is -0.394 e. The summed E-state index contributed by atoms with van der Waals surface area (Å²) in [4.78, 5) is 83.9. The van der Waals surface area contributed by atoms with Crippen LogP contribution in [0.3, 0.4) is 0 Å². The molecule has 46 atom stereocenters. The van der Waals surface area contributed by atoms with Gasteiger partial charge in [0.05, 0.1) is 85.3 Å². The Labute approximate surface area is 834 Å². The smallest absolute Gasteiger partial charge is 0.234 e. The van der Waals surface area contributed by atoms with E-state index in [1.165, 1.54) is 6.92 Å². The van der Waals surface area contributed by atoms with E-state index in [0.717, 1.165) is 0 Å². The minimum absolute atomic E-state index is 0.0208. The average Bonchev–Trinajstić information content (AvgIpc) is 0.788. The van der Waals surface area contributed by atoms with Gasteiger partial charge in [0.1, 0.15) is 237 Å². The SMILES string of the molecule is CC(=O)[C@H](CCCCN)NNC(=O)CCC(=O)NCCO[C@H]1O[C@H](CO[C@H]2O[C@H](CO)[C@@H](O)[C@H](O)[C@@H]2O)[C@@H](O)[C@H](O[C@H]2O[C@H](CO)[C@@H](O)[C@H](O)[C@@H]2O)[C@@H]1O.CCCC(=O)CCC(=O)NCCO[C@H]1O[C@H](CO[C@H]2O[C@H](CO)[C@@H](O)[C@H](O)[C@@H]2O)[C@@H](O)[C@H](O[C@H]2O[C@H](CO)[C@@H](O)[C@H](O)[C@@H]2O)[C@@H]1O.CCNC(=O)CCC(=O)CCCO[C@H]1O[C@H](CO[C@H]2O[C@H](CO)[C@@H](O)[C@H](O)[C@@H]2O)[C@@H](O)[C@H](O[C@H]2O[C@H](CO)[C@@H](O)[C@H](O)[C@@H]2O)[C@@H]1O. The van der Waals surface area contributed by atoms with E-state index in [9.17, 15) is 187 Å². The molecule has 9 heterocycles. The lowest BCUT2D eigenvalue weighted by Crippen LogP contribution is -2.65. The maximum absolute atomic E-state index is 12.4. The molecule has 9 saturated heterocycles. The van der Waals surface area contributed by atoms with Crippen molar-refractivity contribution in [2.24, 2.45) is 5.73 Å². The molecule has 9 aliphatic heterocycles. The monoisotopic (exact) mass is 2130 g/mol. The van der Waals surface area contributed by atoms with Crippen molar-refractivity contribution in [3.8, 4) is 0 Å². The number of ether oxygens (including phenoxy) is 18. The quantitative estimate of drug-likeness (QED) is 0.0199. The van der Waals surface area contributed by atoms with Gasteiger partial charge in [-0.1, -0.05) is 13.3 Å². The number of ketones is 3. The van der Waals surface area contributed by atoms with Crippen molar-refractivity contribution in [1.29, 1.82) is 0 Å². The molecule has 850 valence electrons. The first-order chi connectivity index (χ1) is 69.3. The summed E-state index contributed by atoms with van der Waals surface area (Å²) in [5.74, 6) is -2.18. The molecule has 0 aliphatic carbocycles. The molecular weight excluding hydrogens is 1980 g/mol. The Hall–Kier alpha value is -5.11. The highest BCUT2D eigenvalue weighted by atomic mass is 16.8. The van der Waals surface area contributed by atoms with E-state index in [1.807, 2.05) is 6.92 Å². The Morgan fingerprint density at radius 1 is 0.281 bits per heavy atom. The first kappa shape index (κ1) is 128. The molecule has 9 aliphatic rings. The summed E-state index contributed by atoms with van der Waals surface area (Å²) in [5, 5.41) is 314. The first-order valence-corrected chi connectivity index (χ1v) is 47.9. The van der Waals surface area contributed by atoms with E-state index in [0.29, 0.717) is 45.2 Å². The van der Waals surface area contributed by atoms with E-state index in [4.69, 9.17) is 91.0 Å². The summed E-state index contributed by atoms with van der Waals surface area (Å²) >= 11 is 0. The molecule has 0 saturated carbocycles. The van der Waals surface area contributed by atoms with Gasteiger partial charge in [0.15, 0.2) is 56.6 Å². The van der Waals surface area contributed by atoms with Gasteiger partial charge >= 0.3 is 0 Å². The van der Waals surface area contributed by atoms with E-state index in [1.54, 1.807) is 6.92 Å². The number of hydrogen-bond donors (Lipinski definition) is 36. The molecule has 0 aromatic rings. The van der Waals surface area contributed by atoms with Crippen LogP contribution >= 0.6 is 0 Å². The molecule has 0 aromatic heterocycles. The highest BCUT2D eigenvalue weighted by Crippen LogP contribution is 2.37. The molecule has 61 heteroatoms. The predicted molar refractivity (Wildman–Crippen MR) is 470 cm³/mol. The fourth-order valence-electron chi connectivity index (χ4n) is 16.2. The maximum atomic E-state index is 12.4. The number of hydrazine groups is 1. The van der Waals surface area contributed by atoms with Crippen LogP contribution in [0, 0.1) is 0 Å². The van der Waals surface area contributed by atoms with Gasteiger partial charge in [-0.15, -0.1) is 0 Å². The van der Waals surface area contributed by atoms with Gasteiger partial charge in [-0.05, 0) is 46.1 Å². The number of rotatable bonds is 53. The van der Waals surface area contributed by atoms with Gasteiger partial charge in [0.25, 0.3) is 0 Å². The Morgan fingerprint density at radius 2 is 0.548 bits per heavy atom. The topological polar surface area (TPSA) is 979 Å². The van der Waals surface area contributed by atoms with Crippen LogP contribution in [0.2, 0.25) is 0 Å². The molecule has 9 rings (SSSR count). The van der Waals surface area contributed by atoms with E-state index >= 15 is 0 Å². The number of amides is 4. The largest absolute Gasteiger partial charge is 0.394 e. The molecule has 0 bridgehead atoms. The van der Waals surface area contributed by atoms with E-state index < -0.39 is 360 Å². The van der Waals surface area contributed by atoms with Crippen LogP contribution in [-0.2, 0) is 119 Å². The van der Waals surface area contributed by atoms with Crippen molar-refractivity contribution >= 4 is 41.0 Å². The van der Waals surface area contributed by atoms with Crippen LogP contribution in [0.25, 0.3) is 0 Å². The van der Waals surface area contributed by atoms with Crippen molar-refractivity contribution in [3.05, 3.63) is 0 Å². The predicted octanol–water partition coefficient (Wildman–Crippen LogP) is -20.5. The number of Topliss-reactive ketones (excluding diaryl/α,β-unsaturated/α-hetero) is 3. The summed E-state index contributed by atoms with van der Waals surface area (Å²) in [7, 11) is 0. The maximum Gasteiger partial charge on any atom is 0.234 e. The second-order valence-electron chi connectivity index (χ2n) is 35.9. The molecule has 4 amide bonds. The summed E-state index contributed by atoms with van der Waals surface area (Å²) in [6.45, 7) is -1.44. The van der Waals surface area contributed by atoms with Gasteiger partial charge < -0.3 is 260 Å². The fourth-order valence-corrected chi connectivity index (χ4v) is 16.2. The summed E-state index contributed by atoms with van der Waals surface area (Å²) in [5.41, 5.74) is 10.5. The summed E-state index contributed by atoms with van der Waals surface area (Å²) < 4.78 is 99.1. The third-order valence-corrected chi connectivity index (χ3v) is 25.0. The van der Waals surface area contributed by atoms with Crippen LogP contribution < -0.4 is 32.5 Å². The van der Waals surface area contributed by atoms with Crippen molar-refractivity contribution in [2.45, 2.75) is 387 Å². The average molecular weight is 2140 g/mol. The number of unbranched alkanes of at least 4 members (excludes halogenated alkanes) is 1. The number of nitrogens with one attached hydrogen (secondary N) is 5. The molecular formula is C85H150N6O55. The molecule has 0 aromatic carbocycles. The molecule has 146 heavy (non-hydrogen) atoms. The van der Waals surface area contributed by atoms with Gasteiger partial charge in [0, 0.05) is 71.0 Å². The standard InChI is InChI=1S/C31H56N4O19.2C27H47NO18/c1-13(38)14(4-2-3-7-32)34-35-19(40)6-5-18(39)33-8-9-49-30-27(48)28(54-31-26(47)24(45)21(42)16(11-37)52-31)22(43)17(53-30)12-50-29-25(46)23(44)20(41)15(10-36)51-29;1-2-28-15(32)6-5-11(31)4-3-7-41-26-23(40)24(46-27-22(39)20(37)17(34)13(9-30)44-27)18(35)14(45-26)10-42-25-21(38)19(36)16(33)12(8-29)43-25;1-2-3-11(31)4-5-15(32)28-6-7-41-26-23(40)24(46-27-22(39)20(37)17(34)13(9-30)44-27)18(35)14(45-26)10-42-25-21(38)19(36)16(33)12(8-29)43-25/h14-17,20-31,34,36-37,41-48H,2-12,32H2,1H3,(H,33,39)(H,35,40);2*12-14,16-27,29-30,33-40H,2-10H2,1H3,(H,28,32)/t14-,15+,16+,17+,20+,21+,22+,23-,24-,25-,26-,27-,28-,29-,30-,31+;2*12-,13-,14-,16-,17-,18-,19+,20+,21+,22+,23+,24+,25+,26+,27-/m011/s1. The van der Waals surface area contributed by atoms with E-state index in [2.05, 4.69) is 26.8 Å². The van der Waals surface area contributed by atoms with Crippen LogP contribution in [0.4, 0.5) is 0 Å². The van der Waals surface area contributed by atoms with E-state index in [-0.39, 0.29) is 108 Å². The molecule has 0 radical (unpaired) electrons. The van der Waals surface area contributed by atoms with Gasteiger partial charge in [0.2, 0.25) is 23.6 Å². The van der Waals surface area contributed by atoms with Crippen LogP contribution in [0.1, 0.15) is 104 Å². The number of nitrogens with two attached hydrogens (primary N) is 1. The zero-order chi connectivity index (χ0) is 108. The van der Waals surface area contributed by atoms with Crippen molar-refractivity contribution in [1.82, 2.24) is 26.8 Å². The summed E-state index contributed by atoms with van der Waals surface area (Å²) in [6, 6.07) is -0.606. The molecule has 0 unspecified atom stereocenters. The second kappa shape index (κ2) is 63.7. The van der Waals surface area contributed by atoms with Crippen LogP contribution in [-0.4, -0.2) is 582 Å². The zero-order valence-electron chi connectivity index (χ0n) is 80.3. The van der Waals surface area contributed by atoms with Gasteiger partial charge in [-0.25, -0.2) is 5.43 Å². The number of aliphatic hydroxyl groups is 30. The highest BCUT2D eigenvalue weighted by Gasteiger charge is 2.58. The third-order valence-electron chi connectivity index (χ3n) is 25.0. The molecule has 0 spiro atoms. The lowest BCUT2D eigenvalue weighted by molar-refractivity contribution is -0.366. The molecule has 61 nitrogen and oxygen atoms in total. The van der Waals surface area contributed by atoms with Crippen molar-refractivity contribution < 1.29 is 272 Å². The Kier molecular flexibility index (Phi) is 55.7. The molecule has 9 fully saturated rings. The Balaban J connectivity index is 0.000000298. The normalized spacial score (nSPS) is 40.2. The number of carbonyl (C=O) groups excluding carboxylic acids is 7. The minimum atomic E-state index is -1.92. The highest BCUT2D eigenvalue weighted by molar-refractivity contribution is 5.86. The molecule has 37 N–H and O–H groups in total. The third kappa shape index (κ3) is 36.3. The fraction of sp³-hybridized carbons (Fsp3) is 0.918. The number of hydrogen-bond acceptors (Lipinski definition) is 57. The number of aliphatic hydroxyl groups excluding tert-OH is 30. The first-order valence-electron chi connectivity index (χ1n) is 47.9. The zero-order valence-corrected chi connectivity index (χ0v) is 80.3. The van der Waals surface area contributed by atoms with Gasteiger partial charge in [-0.2, -0.15) is 0 Å². The van der Waals surface area contributed by atoms with Crippen molar-refractivity contribution in [3.63, 3.8) is 0 Å². The Bertz CT molecular complexity index is 3630.